The van der Waals surface area contributed by atoms with E-state index in [-0.39, 0.29) is 12.2 Å². The second-order valence-electron chi connectivity index (χ2n) is 4.59. The number of hydrazone groups is 1. The average molecular weight is 376 g/mol. The number of nitrogens with zero attached hydrogens (tertiary/aromatic N) is 1. The van der Waals surface area contributed by atoms with E-state index in [1.54, 1.807) is 30.3 Å². The number of carbonyl (C=O) groups excluding carboxylic acids is 2. The van der Waals surface area contributed by atoms with Gasteiger partial charge in [-0.3, -0.25) is 9.59 Å². The lowest BCUT2D eigenvalue weighted by Crippen LogP contribution is -2.24. The second-order valence-corrected chi connectivity index (χ2v) is 5.44. The normalized spacial score (nSPS) is 10.5. The van der Waals surface area contributed by atoms with Gasteiger partial charge in [-0.2, -0.15) is 5.10 Å². The number of anilines is 1. The van der Waals surface area contributed by atoms with Crippen molar-refractivity contribution in [2.45, 2.75) is 6.42 Å². The Bertz CT molecular complexity index is 730. The largest absolute Gasteiger partial charge is 0.508 e. The molecule has 0 aromatic heterocycles. The van der Waals surface area contributed by atoms with Gasteiger partial charge in [0.2, 0.25) is 11.8 Å². The van der Waals surface area contributed by atoms with Crippen LogP contribution in [0.25, 0.3) is 0 Å². The maximum absolute atomic E-state index is 11.8. The van der Waals surface area contributed by atoms with Crippen LogP contribution in [-0.4, -0.2) is 23.1 Å². The van der Waals surface area contributed by atoms with Crippen LogP contribution in [0.4, 0.5) is 5.69 Å². The topological polar surface area (TPSA) is 90.8 Å². The highest BCUT2D eigenvalue weighted by Crippen LogP contribution is 2.21. The molecule has 2 rings (SSSR count). The van der Waals surface area contributed by atoms with Crippen molar-refractivity contribution in [3.63, 3.8) is 0 Å². The van der Waals surface area contributed by atoms with Gasteiger partial charge in [-0.15, -0.1) is 0 Å². The third-order valence-electron chi connectivity index (χ3n) is 2.77. The fourth-order valence-corrected chi connectivity index (χ4v) is 2.07. The Labute approximate surface area is 141 Å². The number of benzene rings is 2. The van der Waals surface area contributed by atoms with E-state index in [1.807, 2.05) is 6.07 Å². The minimum atomic E-state index is -0.524. The molecule has 2 amide bonds. The van der Waals surface area contributed by atoms with Crippen molar-refractivity contribution in [2.24, 2.45) is 5.10 Å². The first-order chi connectivity index (χ1) is 11.0. The number of aromatic hydroxyl groups is 1. The fraction of sp³-hybridized carbons (Fsp3) is 0.0625. The molecule has 3 N–H and O–H groups in total. The molecule has 0 radical (unpaired) electrons. The number of para-hydroxylation sites is 1. The number of phenols is 1. The molecule has 0 atom stereocenters. The zero-order chi connectivity index (χ0) is 16.7. The quantitative estimate of drug-likeness (QED) is 0.426. The number of nitrogens with one attached hydrogen (secondary N) is 2. The predicted octanol–water partition coefficient (Wildman–Crippen LogP) is 2.63. The van der Waals surface area contributed by atoms with E-state index < -0.39 is 11.8 Å². The van der Waals surface area contributed by atoms with E-state index >= 15 is 0 Å². The Kier molecular flexibility index (Phi) is 5.87. The molecule has 7 heteroatoms. The SMILES string of the molecule is O=C(CC(=O)Nc1ccccc1Br)NN=Cc1ccc(O)cc1. The molecular weight excluding hydrogens is 362 g/mol. The van der Waals surface area contributed by atoms with Crippen molar-refractivity contribution in [1.29, 1.82) is 0 Å². The molecule has 118 valence electrons. The summed E-state index contributed by atoms with van der Waals surface area (Å²) in [5.41, 5.74) is 3.58. The molecule has 0 saturated heterocycles. The third kappa shape index (κ3) is 5.55. The summed E-state index contributed by atoms with van der Waals surface area (Å²) in [5.74, 6) is -0.811. The van der Waals surface area contributed by atoms with Crippen LogP contribution in [0.3, 0.4) is 0 Å². The van der Waals surface area contributed by atoms with Crippen LogP contribution in [0.2, 0.25) is 0 Å². The molecule has 0 unspecified atom stereocenters. The summed E-state index contributed by atoms with van der Waals surface area (Å²) >= 11 is 3.31. The van der Waals surface area contributed by atoms with Crippen LogP contribution in [0.15, 0.2) is 58.1 Å². The van der Waals surface area contributed by atoms with Crippen LogP contribution < -0.4 is 10.7 Å². The van der Waals surface area contributed by atoms with E-state index in [1.165, 1.54) is 18.3 Å². The first-order valence-corrected chi connectivity index (χ1v) is 7.49. The van der Waals surface area contributed by atoms with Gasteiger partial charge in [-0.05, 0) is 57.9 Å². The second kappa shape index (κ2) is 8.09. The molecule has 0 bridgehead atoms. The molecule has 0 aliphatic carbocycles. The van der Waals surface area contributed by atoms with Crippen molar-refractivity contribution >= 4 is 39.6 Å². The van der Waals surface area contributed by atoms with E-state index in [9.17, 15) is 9.59 Å². The maximum atomic E-state index is 11.8. The summed E-state index contributed by atoms with van der Waals surface area (Å²) in [5, 5.41) is 15.5. The van der Waals surface area contributed by atoms with Gasteiger partial charge in [0.15, 0.2) is 0 Å². The smallest absolute Gasteiger partial charge is 0.249 e. The van der Waals surface area contributed by atoms with Gasteiger partial charge in [-0.1, -0.05) is 12.1 Å². The Morgan fingerprint density at radius 3 is 2.48 bits per heavy atom. The third-order valence-corrected chi connectivity index (χ3v) is 3.46. The molecule has 2 aromatic carbocycles. The molecule has 0 fully saturated rings. The highest BCUT2D eigenvalue weighted by molar-refractivity contribution is 9.10. The molecule has 6 nitrogen and oxygen atoms in total. The molecule has 0 heterocycles. The van der Waals surface area contributed by atoms with E-state index in [4.69, 9.17) is 5.11 Å². The minimum Gasteiger partial charge on any atom is -0.508 e. The van der Waals surface area contributed by atoms with Gasteiger partial charge in [0.05, 0.1) is 11.9 Å². The van der Waals surface area contributed by atoms with Crippen LogP contribution in [-0.2, 0) is 9.59 Å². The lowest BCUT2D eigenvalue weighted by molar-refractivity contribution is -0.126. The van der Waals surface area contributed by atoms with Gasteiger partial charge in [0, 0.05) is 4.47 Å². The lowest BCUT2D eigenvalue weighted by atomic mass is 10.2. The van der Waals surface area contributed by atoms with Crippen molar-refractivity contribution in [3.05, 3.63) is 58.6 Å². The highest BCUT2D eigenvalue weighted by atomic mass is 79.9. The summed E-state index contributed by atoms with van der Waals surface area (Å²) in [7, 11) is 0. The van der Waals surface area contributed by atoms with Gasteiger partial charge < -0.3 is 10.4 Å². The first kappa shape index (κ1) is 16.7. The maximum Gasteiger partial charge on any atom is 0.249 e. The van der Waals surface area contributed by atoms with E-state index in [0.717, 1.165) is 4.47 Å². The van der Waals surface area contributed by atoms with Crippen molar-refractivity contribution in [2.75, 3.05) is 5.32 Å². The number of phenolic OH excluding ortho intramolecular Hbond substituents is 1. The molecule has 0 saturated carbocycles. The van der Waals surface area contributed by atoms with Crippen LogP contribution >= 0.6 is 15.9 Å². The van der Waals surface area contributed by atoms with Crippen molar-refractivity contribution in [1.82, 2.24) is 5.43 Å². The van der Waals surface area contributed by atoms with Gasteiger partial charge in [0.25, 0.3) is 0 Å². The Morgan fingerprint density at radius 1 is 1.09 bits per heavy atom. The van der Waals surface area contributed by atoms with E-state index in [0.29, 0.717) is 11.3 Å². The summed E-state index contributed by atoms with van der Waals surface area (Å²) in [6.07, 6.45) is 1.08. The Morgan fingerprint density at radius 2 is 1.78 bits per heavy atom. The zero-order valence-electron chi connectivity index (χ0n) is 12.0. The van der Waals surface area contributed by atoms with Crippen molar-refractivity contribution in [3.8, 4) is 5.75 Å². The molecule has 0 spiro atoms. The number of amides is 2. The lowest BCUT2D eigenvalue weighted by Gasteiger charge is -2.06. The highest BCUT2D eigenvalue weighted by Gasteiger charge is 2.10. The van der Waals surface area contributed by atoms with E-state index in [2.05, 4.69) is 31.8 Å². The van der Waals surface area contributed by atoms with Gasteiger partial charge >= 0.3 is 0 Å². The molecule has 23 heavy (non-hydrogen) atoms. The number of carbonyl (C=O) groups is 2. The molecule has 0 aliphatic rings. The summed E-state index contributed by atoms with van der Waals surface area (Å²) in [6.45, 7) is 0. The predicted molar refractivity (Wildman–Crippen MR) is 91.2 cm³/mol. The zero-order valence-corrected chi connectivity index (χ0v) is 13.6. The van der Waals surface area contributed by atoms with Crippen molar-refractivity contribution < 1.29 is 14.7 Å². The van der Waals surface area contributed by atoms with Crippen LogP contribution in [0.1, 0.15) is 12.0 Å². The average Bonchev–Trinajstić information content (AvgIpc) is 2.51. The number of hydrogen-bond donors (Lipinski definition) is 3. The van der Waals surface area contributed by atoms with Crippen LogP contribution in [0.5, 0.6) is 5.75 Å². The minimum absolute atomic E-state index is 0.148. The number of halogens is 1. The standard InChI is InChI=1S/C16H14BrN3O3/c17-13-3-1-2-4-14(13)19-15(22)9-16(23)20-18-10-11-5-7-12(21)8-6-11/h1-8,10,21H,9H2,(H,19,22)(H,20,23). The fourth-order valence-electron chi connectivity index (χ4n) is 1.68. The number of hydrogen-bond acceptors (Lipinski definition) is 4. The van der Waals surface area contributed by atoms with Gasteiger partial charge in [0.1, 0.15) is 12.2 Å². The summed E-state index contributed by atoms with van der Waals surface area (Å²) in [6, 6.07) is 13.4. The molecule has 0 aliphatic heterocycles. The first-order valence-electron chi connectivity index (χ1n) is 6.70. The monoisotopic (exact) mass is 375 g/mol. The molecule has 2 aromatic rings. The Hall–Kier alpha value is -2.67. The summed E-state index contributed by atoms with van der Waals surface area (Å²) in [4.78, 5) is 23.4. The van der Waals surface area contributed by atoms with Gasteiger partial charge in [-0.25, -0.2) is 5.43 Å². The molecular formula is C16H14BrN3O3. The Balaban J connectivity index is 1.81. The number of rotatable bonds is 5. The van der Waals surface area contributed by atoms with Crippen LogP contribution in [0, 0.1) is 0 Å². The summed E-state index contributed by atoms with van der Waals surface area (Å²) < 4.78 is 0.735.